The second-order valence-corrected chi connectivity index (χ2v) is 14.9. The Kier molecular flexibility index (Phi) is 10.7. The van der Waals surface area contributed by atoms with Gasteiger partial charge < -0.3 is 19.8 Å². The highest BCUT2D eigenvalue weighted by Gasteiger charge is 2.41. The van der Waals surface area contributed by atoms with Crippen molar-refractivity contribution in [2.45, 2.75) is 65.3 Å². The van der Waals surface area contributed by atoms with Crippen LogP contribution < -0.4 is 4.74 Å². The van der Waals surface area contributed by atoms with E-state index >= 15 is 0 Å². The molecule has 1 saturated heterocycles. The van der Waals surface area contributed by atoms with E-state index in [1.807, 2.05) is 44.4 Å². The minimum absolute atomic E-state index is 0.0124. The van der Waals surface area contributed by atoms with Crippen LogP contribution in [0.2, 0.25) is 0 Å². The molecular formula is C29H42BrN3O6S. The first-order chi connectivity index (χ1) is 18.6. The summed E-state index contributed by atoms with van der Waals surface area (Å²) in [6.45, 7) is 8.43. The van der Waals surface area contributed by atoms with Crippen LogP contribution in [-0.4, -0.2) is 84.3 Å². The highest BCUT2D eigenvalue weighted by atomic mass is 79.9. The van der Waals surface area contributed by atoms with Gasteiger partial charge in [-0.2, -0.15) is 4.31 Å². The van der Waals surface area contributed by atoms with Crippen LogP contribution in [0.3, 0.4) is 0 Å². The second kappa shape index (κ2) is 13.2. The van der Waals surface area contributed by atoms with Crippen LogP contribution >= 0.6 is 15.9 Å². The number of rotatable bonds is 12. The van der Waals surface area contributed by atoms with Crippen LogP contribution in [-0.2, 0) is 34.5 Å². The third-order valence-corrected chi connectivity index (χ3v) is 9.66. The molecule has 0 bridgehead atoms. The first-order valence-electron chi connectivity index (χ1n) is 13.3. The fourth-order valence-corrected chi connectivity index (χ4v) is 7.40. The highest BCUT2D eigenvalue weighted by molar-refractivity contribution is 9.10. The van der Waals surface area contributed by atoms with Gasteiger partial charge in [0.1, 0.15) is 6.04 Å². The van der Waals surface area contributed by atoms with Crippen LogP contribution in [0, 0.1) is 5.41 Å². The van der Waals surface area contributed by atoms with Gasteiger partial charge >= 0.3 is 5.97 Å². The number of ether oxygens (including phenoxy) is 1. The molecule has 1 fully saturated rings. The summed E-state index contributed by atoms with van der Waals surface area (Å²) in [5.41, 5.74) is 2.47. The van der Waals surface area contributed by atoms with Gasteiger partial charge in [-0.05, 0) is 55.6 Å². The maximum Gasteiger partial charge on any atom is 0.322 e. The van der Waals surface area contributed by atoms with Crippen molar-refractivity contribution in [1.82, 2.24) is 14.1 Å². The van der Waals surface area contributed by atoms with Crippen molar-refractivity contribution in [2.24, 2.45) is 5.41 Å². The molecule has 11 heteroatoms. The molecule has 0 radical (unpaired) electrons. The van der Waals surface area contributed by atoms with E-state index in [0.717, 1.165) is 38.4 Å². The van der Waals surface area contributed by atoms with Gasteiger partial charge in [-0.3, -0.25) is 9.69 Å². The molecule has 2 N–H and O–H groups in total. The number of likely N-dealkylation sites (N-methyl/N-ethyl adjacent to an activating group) is 1. The van der Waals surface area contributed by atoms with Crippen molar-refractivity contribution >= 4 is 31.9 Å². The quantitative estimate of drug-likeness (QED) is 0.349. The molecule has 0 aromatic heterocycles. The Labute approximate surface area is 246 Å². The maximum atomic E-state index is 12.6. The van der Waals surface area contributed by atoms with E-state index in [4.69, 9.17) is 4.74 Å². The van der Waals surface area contributed by atoms with Crippen molar-refractivity contribution in [1.29, 1.82) is 0 Å². The third kappa shape index (κ3) is 8.42. The summed E-state index contributed by atoms with van der Waals surface area (Å²) in [4.78, 5) is 16.2. The summed E-state index contributed by atoms with van der Waals surface area (Å²) in [5.74, 6) is -0.787. The summed E-state index contributed by atoms with van der Waals surface area (Å²) in [6, 6.07) is 10.3. The number of phenols is 1. The molecule has 0 aliphatic carbocycles. The van der Waals surface area contributed by atoms with Crippen molar-refractivity contribution in [3.63, 3.8) is 0 Å². The van der Waals surface area contributed by atoms with Crippen LogP contribution in [0.25, 0.3) is 0 Å². The van der Waals surface area contributed by atoms with Crippen LogP contribution in [0.15, 0.2) is 40.9 Å². The molecule has 0 spiro atoms. The number of carboxylic acid groups (broad SMARTS) is 1. The number of phenolic OH excluding ortho intramolecular Hbond substituents is 1. The Morgan fingerprint density at radius 1 is 1.18 bits per heavy atom. The number of sulfonamides is 1. The topological polar surface area (TPSA) is 111 Å². The number of aliphatic carboxylic acids is 1. The van der Waals surface area contributed by atoms with Gasteiger partial charge in [0.05, 0.1) is 12.9 Å². The fourth-order valence-electron chi connectivity index (χ4n) is 5.27. The Morgan fingerprint density at radius 2 is 1.85 bits per heavy atom. The molecule has 2 atom stereocenters. The zero-order chi connectivity index (χ0) is 29.8. The minimum atomic E-state index is -3.63. The monoisotopic (exact) mass is 639 g/mol. The lowest BCUT2D eigenvalue weighted by molar-refractivity contribution is -0.141. The molecule has 0 saturated carbocycles. The molecule has 222 valence electrons. The van der Waals surface area contributed by atoms with Crippen molar-refractivity contribution in [3.05, 3.63) is 57.6 Å². The number of benzene rings is 2. The summed E-state index contributed by atoms with van der Waals surface area (Å²) in [6.07, 6.45) is 0.989. The van der Waals surface area contributed by atoms with Crippen LogP contribution in [0.4, 0.5) is 0 Å². The van der Waals surface area contributed by atoms with Gasteiger partial charge in [-0.1, -0.05) is 61.0 Å². The zero-order valence-electron chi connectivity index (χ0n) is 24.2. The molecule has 1 unspecified atom stereocenters. The van der Waals surface area contributed by atoms with Crippen molar-refractivity contribution < 1.29 is 28.2 Å². The Morgan fingerprint density at radius 3 is 2.45 bits per heavy atom. The molecule has 1 heterocycles. The fraction of sp³-hybridized carbons (Fsp3) is 0.552. The largest absolute Gasteiger partial charge is 0.504 e. The zero-order valence-corrected chi connectivity index (χ0v) is 26.6. The Hall–Kier alpha value is -2.18. The normalized spacial score (nSPS) is 18.4. The minimum Gasteiger partial charge on any atom is -0.504 e. The molecule has 9 nitrogen and oxygen atoms in total. The molecule has 2 aromatic carbocycles. The van der Waals surface area contributed by atoms with Gasteiger partial charge in [0, 0.05) is 42.3 Å². The number of aromatic hydroxyl groups is 1. The van der Waals surface area contributed by atoms with Crippen LogP contribution in [0.5, 0.6) is 11.5 Å². The first-order valence-corrected chi connectivity index (χ1v) is 15.7. The van der Waals surface area contributed by atoms with Gasteiger partial charge in [0.15, 0.2) is 11.5 Å². The number of hydrogen-bond acceptors (Lipinski definition) is 7. The van der Waals surface area contributed by atoms with Gasteiger partial charge in [0.25, 0.3) is 0 Å². The molecule has 40 heavy (non-hydrogen) atoms. The molecule has 2 aromatic rings. The van der Waals surface area contributed by atoms with E-state index in [1.54, 1.807) is 6.07 Å². The van der Waals surface area contributed by atoms with E-state index < -0.39 is 22.0 Å². The molecule has 1 aliphatic rings. The Bertz CT molecular complexity index is 1300. The van der Waals surface area contributed by atoms with E-state index in [1.165, 1.54) is 7.11 Å². The smallest absolute Gasteiger partial charge is 0.322 e. The first kappa shape index (κ1) is 32.3. The maximum absolute atomic E-state index is 12.6. The second-order valence-electron chi connectivity index (χ2n) is 12.0. The van der Waals surface area contributed by atoms with E-state index in [0.29, 0.717) is 18.8 Å². The Balaban J connectivity index is 1.98. The van der Waals surface area contributed by atoms with Crippen molar-refractivity contribution in [2.75, 3.05) is 33.5 Å². The molecule has 0 amide bonds. The third-order valence-electron chi connectivity index (χ3n) is 7.06. The molecular weight excluding hydrogens is 598 g/mol. The van der Waals surface area contributed by atoms with Crippen molar-refractivity contribution in [3.8, 4) is 11.5 Å². The predicted molar refractivity (Wildman–Crippen MR) is 160 cm³/mol. The van der Waals surface area contributed by atoms with Gasteiger partial charge in [-0.25, -0.2) is 8.42 Å². The molecule has 3 rings (SSSR count). The van der Waals surface area contributed by atoms with Gasteiger partial charge in [0.2, 0.25) is 10.0 Å². The number of hydrogen-bond donors (Lipinski definition) is 2. The predicted octanol–water partition coefficient (Wildman–Crippen LogP) is 4.52. The number of halogens is 1. The average molecular weight is 641 g/mol. The van der Waals surface area contributed by atoms with E-state index in [9.17, 15) is 23.4 Å². The summed E-state index contributed by atoms with van der Waals surface area (Å²) < 4.78 is 32.5. The van der Waals surface area contributed by atoms with Crippen LogP contribution in [0.1, 0.15) is 50.3 Å². The number of nitrogens with zero attached hydrogens (tertiary/aromatic N) is 3. The standard InChI is InChI=1S/C29H42BrN3O6S/c1-29(2,3)15-22(18-31(4)5)32(19-23-24(30)10-11-26(39-6)27(23)34)16-20-8-7-9-21(14-20)17-33-25(28(35)36)12-13-40(33,37)38/h7-11,14,22,25,34H,12-13,15-19H2,1-6H3,(H,35,36)/t22-,25?/m0/s1. The molecule has 1 aliphatic heterocycles. The van der Waals surface area contributed by atoms with E-state index in [-0.39, 0.29) is 35.9 Å². The number of carbonyl (C=O) groups is 1. The lowest BCUT2D eigenvalue weighted by atomic mass is 9.87. The lowest BCUT2D eigenvalue weighted by Gasteiger charge is -2.38. The number of methoxy groups -OCH3 is 1. The highest BCUT2D eigenvalue weighted by Crippen LogP contribution is 2.37. The lowest BCUT2D eigenvalue weighted by Crippen LogP contribution is -2.43. The summed E-state index contributed by atoms with van der Waals surface area (Å²) in [5, 5.41) is 20.6. The average Bonchev–Trinajstić information content (AvgIpc) is 3.13. The SMILES string of the molecule is COc1ccc(Br)c(CN(Cc2cccc(CN3C(C(=O)O)CCS3(=O)=O)c2)[C@H](CN(C)C)CC(C)(C)C)c1O. The summed E-state index contributed by atoms with van der Waals surface area (Å²) >= 11 is 3.61. The number of carboxylic acids is 1. The van der Waals surface area contributed by atoms with E-state index in [2.05, 4.69) is 46.5 Å². The van der Waals surface area contributed by atoms with Gasteiger partial charge in [-0.15, -0.1) is 0 Å². The summed E-state index contributed by atoms with van der Waals surface area (Å²) in [7, 11) is 1.99.